The van der Waals surface area contributed by atoms with Crippen LogP contribution in [0, 0.1) is 5.92 Å². The van der Waals surface area contributed by atoms with Gasteiger partial charge in [-0.3, -0.25) is 0 Å². The molecule has 0 aromatic rings. The van der Waals surface area contributed by atoms with Crippen LogP contribution in [0.1, 0.15) is 45.4 Å². The van der Waals surface area contributed by atoms with Crippen LogP contribution in [0.5, 0.6) is 0 Å². The Morgan fingerprint density at radius 3 is 2.58 bits per heavy atom. The monoisotopic (exact) mass is 283 g/mol. The summed E-state index contributed by atoms with van der Waals surface area (Å²) in [6, 6.07) is 0.484. The van der Waals surface area contributed by atoms with E-state index in [1.807, 2.05) is 9.80 Å². The highest BCUT2D eigenvalue weighted by Gasteiger charge is 2.31. The van der Waals surface area contributed by atoms with Gasteiger partial charge in [-0.25, -0.2) is 4.79 Å². The number of likely N-dealkylation sites (tertiary alicyclic amines) is 1. The van der Waals surface area contributed by atoms with E-state index >= 15 is 0 Å². The van der Waals surface area contributed by atoms with Crippen molar-refractivity contribution in [2.45, 2.75) is 51.5 Å². The van der Waals surface area contributed by atoms with E-state index in [1.165, 1.54) is 19.3 Å². The van der Waals surface area contributed by atoms with Crippen molar-refractivity contribution in [1.29, 1.82) is 0 Å². The molecule has 2 aliphatic rings. The predicted molar refractivity (Wildman–Crippen MR) is 81.1 cm³/mol. The Morgan fingerprint density at radius 1 is 1.32 bits per heavy atom. The normalized spacial score (nSPS) is 24.5. The Balaban J connectivity index is 2.03. The van der Waals surface area contributed by atoms with E-state index in [-0.39, 0.29) is 6.03 Å². The Morgan fingerprint density at radius 2 is 2.00 bits per heavy atom. The van der Waals surface area contributed by atoms with Crippen LogP contribution in [0.15, 0.2) is 0 Å². The van der Waals surface area contributed by atoms with Gasteiger partial charge < -0.3 is 15.5 Å². The fourth-order valence-corrected chi connectivity index (χ4v) is 3.42. The molecule has 0 bridgehead atoms. The number of carbonyl (C=O) groups is 1. The zero-order chi connectivity index (χ0) is 13.8. The largest absolute Gasteiger partial charge is 0.392 e. The van der Waals surface area contributed by atoms with Crippen LogP contribution >= 0.6 is 12.2 Å². The number of piperidine rings is 1. The van der Waals surface area contributed by atoms with Gasteiger partial charge >= 0.3 is 6.03 Å². The summed E-state index contributed by atoms with van der Waals surface area (Å²) in [4.78, 5) is 17.0. The first-order valence-electron chi connectivity index (χ1n) is 7.41. The summed E-state index contributed by atoms with van der Waals surface area (Å²) in [7, 11) is 0. The molecule has 4 nitrogen and oxygen atoms in total. The van der Waals surface area contributed by atoms with Crippen LogP contribution < -0.4 is 5.73 Å². The molecule has 2 amide bonds. The summed E-state index contributed by atoms with van der Waals surface area (Å²) < 4.78 is 0. The summed E-state index contributed by atoms with van der Waals surface area (Å²) in [6.45, 7) is 4.40. The van der Waals surface area contributed by atoms with Crippen LogP contribution in [-0.4, -0.2) is 46.5 Å². The van der Waals surface area contributed by atoms with E-state index in [4.69, 9.17) is 18.0 Å². The zero-order valence-corrected chi connectivity index (χ0v) is 12.6. The lowest BCUT2D eigenvalue weighted by atomic mass is 10.0. The van der Waals surface area contributed by atoms with Crippen LogP contribution in [0.4, 0.5) is 4.79 Å². The maximum Gasteiger partial charge on any atom is 0.320 e. The Kier molecular flexibility index (Phi) is 5.02. The highest BCUT2D eigenvalue weighted by Crippen LogP contribution is 2.25. The summed E-state index contributed by atoms with van der Waals surface area (Å²) in [5, 5.41) is 0. The Labute approximate surface area is 121 Å². The van der Waals surface area contributed by atoms with Gasteiger partial charge in [-0.1, -0.05) is 32.0 Å². The number of thiocarbonyl (C=S) groups is 1. The fourth-order valence-electron chi connectivity index (χ4n) is 3.28. The third-order valence-electron chi connectivity index (χ3n) is 4.26. The maximum atomic E-state index is 12.7. The number of urea groups is 1. The predicted octanol–water partition coefficient (Wildman–Crippen LogP) is 2.37. The van der Waals surface area contributed by atoms with Crippen molar-refractivity contribution in [2.24, 2.45) is 11.7 Å². The molecule has 1 aliphatic carbocycles. The van der Waals surface area contributed by atoms with Gasteiger partial charge in [0, 0.05) is 19.1 Å². The van der Waals surface area contributed by atoms with E-state index in [2.05, 4.69) is 6.92 Å². The minimum atomic E-state index is 0.145. The number of nitrogens with zero attached hydrogens (tertiary/aromatic N) is 2. The maximum absolute atomic E-state index is 12.7. The van der Waals surface area contributed by atoms with Crippen molar-refractivity contribution < 1.29 is 4.79 Å². The molecule has 0 radical (unpaired) electrons. The molecule has 19 heavy (non-hydrogen) atoms. The van der Waals surface area contributed by atoms with E-state index in [0.29, 0.717) is 23.5 Å². The molecule has 2 rings (SSSR count). The molecule has 1 atom stereocenters. The lowest BCUT2D eigenvalue weighted by molar-refractivity contribution is 0.122. The summed E-state index contributed by atoms with van der Waals surface area (Å²) in [5.41, 5.74) is 5.67. The lowest BCUT2D eigenvalue weighted by Crippen LogP contribution is -2.52. The van der Waals surface area contributed by atoms with Crippen molar-refractivity contribution in [3.63, 3.8) is 0 Å². The molecule has 2 N–H and O–H groups in total. The summed E-state index contributed by atoms with van der Waals surface area (Å²) in [6.07, 6.45) is 6.95. The van der Waals surface area contributed by atoms with Gasteiger partial charge in [0.25, 0.3) is 0 Å². The van der Waals surface area contributed by atoms with Gasteiger partial charge in [-0.05, 0) is 31.6 Å². The molecular weight excluding hydrogens is 258 g/mol. The number of nitrogens with two attached hydrogens (primary N) is 1. The first kappa shape index (κ1) is 14.6. The fraction of sp³-hybridized carbons (Fsp3) is 0.857. The number of amides is 2. The average Bonchev–Trinajstić information content (AvgIpc) is 2.88. The Hall–Kier alpha value is -0.840. The van der Waals surface area contributed by atoms with Crippen molar-refractivity contribution in [3.8, 4) is 0 Å². The van der Waals surface area contributed by atoms with Gasteiger partial charge in [-0.2, -0.15) is 0 Å². The molecule has 1 saturated carbocycles. The smallest absolute Gasteiger partial charge is 0.320 e. The van der Waals surface area contributed by atoms with Crippen molar-refractivity contribution >= 4 is 23.2 Å². The third-order valence-corrected chi connectivity index (χ3v) is 4.39. The average molecular weight is 283 g/mol. The van der Waals surface area contributed by atoms with Gasteiger partial charge in [-0.15, -0.1) is 0 Å². The van der Waals surface area contributed by atoms with Gasteiger partial charge in [0.15, 0.2) is 0 Å². The van der Waals surface area contributed by atoms with Crippen LogP contribution in [0.25, 0.3) is 0 Å². The van der Waals surface area contributed by atoms with Crippen molar-refractivity contribution in [3.05, 3.63) is 0 Å². The standard InChI is InChI=1S/C14H25N3OS/c1-11-5-4-8-16(9-11)14(18)17(10-13(15)19)12-6-2-3-7-12/h11-12H,2-10H2,1H3,(H2,15,19). The summed E-state index contributed by atoms with van der Waals surface area (Å²) >= 11 is 5.02. The molecular formula is C14H25N3OS. The van der Waals surface area contributed by atoms with Crippen LogP contribution in [0.3, 0.4) is 0 Å². The number of carbonyl (C=O) groups excluding carboxylic acids is 1. The minimum absolute atomic E-state index is 0.145. The first-order chi connectivity index (χ1) is 9.08. The Bertz CT molecular complexity index is 342. The van der Waals surface area contributed by atoms with Crippen LogP contribution in [-0.2, 0) is 0 Å². The molecule has 2 fully saturated rings. The van der Waals surface area contributed by atoms with Gasteiger partial charge in [0.2, 0.25) is 0 Å². The van der Waals surface area contributed by atoms with Gasteiger partial charge in [0.05, 0.1) is 11.5 Å². The number of hydrogen-bond acceptors (Lipinski definition) is 2. The van der Waals surface area contributed by atoms with E-state index in [1.54, 1.807) is 0 Å². The quantitative estimate of drug-likeness (QED) is 0.809. The lowest BCUT2D eigenvalue weighted by Gasteiger charge is -2.37. The molecule has 0 spiro atoms. The van der Waals surface area contributed by atoms with E-state index in [0.717, 1.165) is 32.4 Å². The topological polar surface area (TPSA) is 49.6 Å². The molecule has 1 aliphatic heterocycles. The number of hydrogen-bond donors (Lipinski definition) is 1. The third kappa shape index (κ3) is 3.81. The molecule has 1 saturated heterocycles. The molecule has 108 valence electrons. The molecule has 1 heterocycles. The highest BCUT2D eigenvalue weighted by molar-refractivity contribution is 7.80. The second kappa shape index (κ2) is 6.55. The second-order valence-electron chi connectivity index (χ2n) is 6.01. The molecule has 5 heteroatoms. The minimum Gasteiger partial charge on any atom is -0.392 e. The molecule has 0 aromatic carbocycles. The molecule has 1 unspecified atom stereocenters. The first-order valence-corrected chi connectivity index (χ1v) is 7.82. The molecule has 0 aromatic heterocycles. The van der Waals surface area contributed by atoms with E-state index < -0.39 is 0 Å². The summed E-state index contributed by atoms with van der Waals surface area (Å²) in [5.74, 6) is 0.605. The van der Waals surface area contributed by atoms with Crippen molar-refractivity contribution in [1.82, 2.24) is 9.80 Å². The SMILES string of the molecule is CC1CCCN(C(=O)N(CC(N)=S)C2CCCC2)C1. The second-order valence-corrected chi connectivity index (χ2v) is 6.53. The van der Waals surface area contributed by atoms with Gasteiger partial charge in [0.1, 0.15) is 0 Å². The zero-order valence-electron chi connectivity index (χ0n) is 11.8. The van der Waals surface area contributed by atoms with E-state index in [9.17, 15) is 4.79 Å². The highest BCUT2D eigenvalue weighted by atomic mass is 32.1. The number of rotatable bonds is 3. The van der Waals surface area contributed by atoms with Crippen molar-refractivity contribution in [2.75, 3.05) is 19.6 Å². The van der Waals surface area contributed by atoms with Crippen LogP contribution in [0.2, 0.25) is 0 Å².